The van der Waals surface area contributed by atoms with Crippen LogP contribution in [-0.4, -0.2) is 31.5 Å². The highest BCUT2D eigenvalue weighted by Gasteiger charge is 2.12. The summed E-state index contributed by atoms with van der Waals surface area (Å²) in [6, 6.07) is 16.5. The second-order valence-corrected chi connectivity index (χ2v) is 6.67. The Morgan fingerprint density at radius 1 is 0.964 bits per heavy atom. The Morgan fingerprint density at radius 2 is 1.82 bits per heavy atom. The first-order valence-corrected chi connectivity index (χ1v) is 9.54. The average molecular weight is 404 g/mol. The molecule has 0 fully saturated rings. The highest BCUT2D eigenvalue weighted by molar-refractivity contribution is 6.31. The molecule has 6 heteroatoms. The molecule has 0 amide bonds. The largest absolute Gasteiger partial charge is 0.488 e. The molecule has 0 aliphatic rings. The first kappa shape index (κ1) is 20.6. The van der Waals surface area contributed by atoms with Crippen molar-refractivity contribution in [3.05, 3.63) is 76.6 Å². The van der Waals surface area contributed by atoms with Gasteiger partial charge in [0.2, 0.25) is 0 Å². The number of ether oxygens (including phenoxy) is 2. The summed E-state index contributed by atoms with van der Waals surface area (Å²) >= 11 is 6.11. The highest BCUT2D eigenvalue weighted by Crippen LogP contribution is 2.30. The molecule has 0 aromatic heterocycles. The van der Waals surface area contributed by atoms with Crippen LogP contribution in [0.1, 0.15) is 11.1 Å². The fourth-order valence-electron chi connectivity index (χ4n) is 2.98. The summed E-state index contributed by atoms with van der Waals surface area (Å²) in [6.45, 7) is 2.11. The molecule has 2 N–H and O–H groups in total. The lowest BCUT2D eigenvalue weighted by molar-refractivity contribution is 0.0938. The molecular formula is C22H23ClFNO3. The van der Waals surface area contributed by atoms with Gasteiger partial charge < -0.3 is 19.9 Å². The number of halogens is 2. The Labute approximate surface area is 168 Å². The summed E-state index contributed by atoms with van der Waals surface area (Å²) in [7, 11) is 0. The molecule has 0 unspecified atom stereocenters. The summed E-state index contributed by atoms with van der Waals surface area (Å²) in [6.07, 6.45) is 0. The number of aliphatic hydroxyl groups excluding tert-OH is 1. The lowest BCUT2D eigenvalue weighted by Gasteiger charge is -2.16. The Bertz CT molecular complexity index is 899. The van der Waals surface area contributed by atoms with Crippen LogP contribution >= 0.6 is 11.6 Å². The predicted octanol–water partition coefficient (Wildman–Crippen LogP) is 4.31. The molecule has 0 radical (unpaired) electrons. The Hall–Kier alpha value is -2.18. The van der Waals surface area contributed by atoms with Crippen molar-refractivity contribution in [1.29, 1.82) is 0 Å². The number of fused-ring (bicyclic) bond motifs is 1. The van der Waals surface area contributed by atoms with Gasteiger partial charge in [0.15, 0.2) is 0 Å². The minimum Gasteiger partial charge on any atom is -0.488 e. The van der Waals surface area contributed by atoms with E-state index >= 15 is 0 Å². The van der Waals surface area contributed by atoms with Crippen molar-refractivity contribution in [3.8, 4) is 5.75 Å². The lowest BCUT2D eigenvalue weighted by atomic mass is 10.0. The number of nitrogens with one attached hydrogen (secondary N) is 1. The maximum Gasteiger partial charge on any atom is 0.131 e. The van der Waals surface area contributed by atoms with E-state index in [0.29, 0.717) is 42.6 Å². The molecule has 3 aromatic rings. The summed E-state index contributed by atoms with van der Waals surface area (Å²) in [5, 5.41) is 14.6. The molecule has 0 bridgehead atoms. The first-order valence-electron chi connectivity index (χ1n) is 9.16. The lowest BCUT2D eigenvalue weighted by Crippen LogP contribution is -2.20. The Balaban J connectivity index is 1.77. The molecule has 3 aromatic carbocycles. The number of aliphatic hydroxyl groups is 1. The minimum atomic E-state index is -0.381. The monoisotopic (exact) mass is 403 g/mol. The third-order valence-corrected chi connectivity index (χ3v) is 4.75. The minimum absolute atomic E-state index is 0.0138. The van der Waals surface area contributed by atoms with E-state index in [4.69, 9.17) is 26.2 Å². The Morgan fingerprint density at radius 3 is 2.64 bits per heavy atom. The van der Waals surface area contributed by atoms with E-state index in [-0.39, 0.29) is 19.0 Å². The second kappa shape index (κ2) is 10.4. The van der Waals surface area contributed by atoms with Gasteiger partial charge in [-0.2, -0.15) is 0 Å². The van der Waals surface area contributed by atoms with Crippen LogP contribution in [0, 0.1) is 5.82 Å². The van der Waals surface area contributed by atoms with Crippen LogP contribution in [0.5, 0.6) is 5.75 Å². The van der Waals surface area contributed by atoms with Crippen LogP contribution in [0.15, 0.2) is 54.6 Å². The van der Waals surface area contributed by atoms with Gasteiger partial charge in [0.05, 0.1) is 24.8 Å². The molecule has 0 aliphatic carbocycles. The molecule has 0 heterocycles. The van der Waals surface area contributed by atoms with Gasteiger partial charge >= 0.3 is 0 Å². The zero-order valence-corrected chi connectivity index (χ0v) is 16.2. The molecule has 0 saturated carbocycles. The van der Waals surface area contributed by atoms with E-state index in [0.717, 1.165) is 16.3 Å². The summed E-state index contributed by atoms with van der Waals surface area (Å²) in [4.78, 5) is 0. The number of benzene rings is 3. The van der Waals surface area contributed by atoms with Gasteiger partial charge in [-0.15, -0.1) is 0 Å². The van der Waals surface area contributed by atoms with Crippen molar-refractivity contribution in [3.63, 3.8) is 0 Å². The quantitative estimate of drug-likeness (QED) is 0.495. The van der Waals surface area contributed by atoms with E-state index in [2.05, 4.69) is 5.32 Å². The van der Waals surface area contributed by atoms with E-state index < -0.39 is 0 Å². The smallest absolute Gasteiger partial charge is 0.131 e. The molecule has 0 aliphatic heterocycles. The SMILES string of the molecule is OCCOCCNCc1c(OCc2c(F)cccc2Cl)ccc2ccccc12. The predicted molar refractivity (Wildman–Crippen MR) is 109 cm³/mol. The van der Waals surface area contributed by atoms with E-state index in [1.165, 1.54) is 6.07 Å². The van der Waals surface area contributed by atoms with Crippen molar-refractivity contribution >= 4 is 22.4 Å². The first-order chi connectivity index (χ1) is 13.7. The van der Waals surface area contributed by atoms with Crippen molar-refractivity contribution < 1.29 is 19.0 Å². The van der Waals surface area contributed by atoms with E-state index in [9.17, 15) is 4.39 Å². The molecule has 148 valence electrons. The zero-order valence-electron chi connectivity index (χ0n) is 15.5. The summed E-state index contributed by atoms with van der Waals surface area (Å²) in [5.41, 5.74) is 1.33. The molecular weight excluding hydrogens is 381 g/mol. The fraction of sp³-hybridized carbons (Fsp3) is 0.273. The van der Waals surface area contributed by atoms with Crippen molar-refractivity contribution in [2.75, 3.05) is 26.4 Å². The van der Waals surface area contributed by atoms with Gasteiger partial charge in [0.25, 0.3) is 0 Å². The fourth-order valence-corrected chi connectivity index (χ4v) is 3.20. The van der Waals surface area contributed by atoms with Gasteiger partial charge in [-0.1, -0.05) is 48.0 Å². The summed E-state index contributed by atoms with van der Waals surface area (Å²) < 4.78 is 25.3. The number of rotatable bonds is 10. The second-order valence-electron chi connectivity index (χ2n) is 6.27. The van der Waals surface area contributed by atoms with E-state index in [1.54, 1.807) is 12.1 Å². The van der Waals surface area contributed by atoms with Crippen LogP contribution in [0.4, 0.5) is 4.39 Å². The maximum atomic E-state index is 14.0. The van der Waals surface area contributed by atoms with Crippen molar-refractivity contribution in [2.24, 2.45) is 0 Å². The third-order valence-electron chi connectivity index (χ3n) is 4.39. The van der Waals surface area contributed by atoms with Crippen LogP contribution in [0.2, 0.25) is 5.02 Å². The van der Waals surface area contributed by atoms with Crippen LogP contribution in [-0.2, 0) is 17.9 Å². The van der Waals surface area contributed by atoms with Crippen LogP contribution < -0.4 is 10.1 Å². The van der Waals surface area contributed by atoms with Gasteiger partial charge in [-0.3, -0.25) is 0 Å². The van der Waals surface area contributed by atoms with Gasteiger partial charge in [0.1, 0.15) is 18.2 Å². The normalized spacial score (nSPS) is 11.1. The number of hydrogen-bond acceptors (Lipinski definition) is 4. The molecule has 0 saturated heterocycles. The molecule has 4 nitrogen and oxygen atoms in total. The van der Waals surface area contributed by atoms with Crippen LogP contribution in [0.3, 0.4) is 0 Å². The maximum absolute atomic E-state index is 14.0. The molecule has 28 heavy (non-hydrogen) atoms. The van der Waals surface area contributed by atoms with Gasteiger partial charge in [-0.05, 0) is 29.0 Å². The van der Waals surface area contributed by atoms with E-state index in [1.807, 2.05) is 36.4 Å². The van der Waals surface area contributed by atoms with Gasteiger partial charge in [-0.25, -0.2) is 4.39 Å². The number of hydrogen-bond donors (Lipinski definition) is 2. The third kappa shape index (κ3) is 5.20. The molecule has 0 spiro atoms. The van der Waals surface area contributed by atoms with Crippen molar-refractivity contribution in [1.82, 2.24) is 5.32 Å². The summed E-state index contributed by atoms with van der Waals surface area (Å²) in [5.74, 6) is 0.302. The van der Waals surface area contributed by atoms with Crippen LogP contribution in [0.25, 0.3) is 10.8 Å². The Kier molecular flexibility index (Phi) is 7.62. The molecule has 3 rings (SSSR count). The zero-order chi connectivity index (χ0) is 19.8. The topological polar surface area (TPSA) is 50.7 Å². The van der Waals surface area contributed by atoms with Crippen molar-refractivity contribution in [2.45, 2.75) is 13.2 Å². The highest BCUT2D eigenvalue weighted by atomic mass is 35.5. The molecule has 0 atom stereocenters. The average Bonchev–Trinajstić information content (AvgIpc) is 2.71. The van der Waals surface area contributed by atoms with Gasteiger partial charge in [0, 0.05) is 24.2 Å². The standard InChI is InChI=1S/C22H23ClFNO3/c23-20-6-3-7-21(24)19(20)15-28-22-9-8-16-4-1-2-5-17(16)18(22)14-25-10-12-27-13-11-26/h1-9,25-26H,10-15H2.